The van der Waals surface area contributed by atoms with Gasteiger partial charge in [0.2, 0.25) is 0 Å². The number of hydrogen-bond acceptors (Lipinski definition) is 3. The summed E-state index contributed by atoms with van der Waals surface area (Å²) in [7, 11) is -3.93. The second-order valence-corrected chi connectivity index (χ2v) is 8.49. The van der Waals surface area contributed by atoms with Crippen LogP contribution in [-0.4, -0.2) is 18.6 Å². The first kappa shape index (κ1) is 18.7. The predicted octanol–water partition coefficient (Wildman–Crippen LogP) is 5.48. The van der Waals surface area contributed by atoms with Crippen LogP contribution >= 0.6 is 23.2 Å². The molecule has 28 heavy (non-hydrogen) atoms. The lowest BCUT2D eigenvalue weighted by atomic mass is 10.1. The Hall–Kier alpha value is -2.61. The number of fused-ring (bicyclic) bond motifs is 1. The fraction of sp³-hybridized carbons (Fsp3) is 0. The first-order valence-electron chi connectivity index (χ1n) is 8.06. The van der Waals surface area contributed by atoms with Gasteiger partial charge in [-0.2, -0.15) is 5.10 Å². The van der Waals surface area contributed by atoms with Gasteiger partial charge in [-0.05, 0) is 42.5 Å². The van der Waals surface area contributed by atoms with Crippen molar-refractivity contribution in [1.29, 1.82) is 0 Å². The largest absolute Gasteiger partial charge is 0.280 e. The highest BCUT2D eigenvalue weighted by atomic mass is 35.5. The third kappa shape index (κ3) is 3.44. The SMILES string of the molecule is O=S(=O)(Nc1ccc2c(-c3ccccc3Cl)n[nH]c2c1)c1ccc(F)c(Cl)c1. The zero-order valence-corrected chi connectivity index (χ0v) is 16.4. The Kier molecular flexibility index (Phi) is 4.74. The van der Waals surface area contributed by atoms with Gasteiger partial charge in [0.15, 0.2) is 0 Å². The van der Waals surface area contributed by atoms with Gasteiger partial charge in [-0.3, -0.25) is 9.82 Å². The molecule has 142 valence electrons. The molecule has 9 heteroatoms. The van der Waals surface area contributed by atoms with Crippen LogP contribution in [0.2, 0.25) is 10.0 Å². The van der Waals surface area contributed by atoms with Crippen LogP contribution in [0.25, 0.3) is 22.2 Å². The molecule has 0 atom stereocenters. The van der Waals surface area contributed by atoms with E-state index in [2.05, 4.69) is 14.9 Å². The lowest BCUT2D eigenvalue weighted by Crippen LogP contribution is -2.13. The molecule has 0 aliphatic rings. The highest BCUT2D eigenvalue weighted by Gasteiger charge is 2.17. The number of H-pyrrole nitrogens is 1. The molecule has 0 saturated heterocycles. The number of aromatic nitrogens is 2. The van der Waals surface area contributed by atoms with Crippen molar-refractivity contribution in [2.45, 2.75) is 4.90 Å². The molecule has 2 N–H and O–H groups in total. The van der Waals surface area contributed by atoms with E-state index in [0.29, 0.717) is 21.9 Å². The maximum Gasteiger partial charge on any atom is 0.261 e. The summed E-state index contributed by atoms with van der Waals surface area (Å²) in [6, 6.07) is 15.5. The monoisotopic (exact) mass is 435 g/mol. The molecule has 0 fully saturated rings. The summed E-state index contributed by atoms with van der Waals surface area (Å²) in [6.45, 7) is 0. The molecule has 1 aromatic heterocycles. The van der Waals surface area contributed by atoms with Gasteiger partial charge in [0.25, 0.3) is 10.0 Å². The summed E-state index contributed by atoms with van der Waals surface area (Å²) in [4.78, 5) is -0.139. The van der Waals surface area contributed by atoms with Crippen molar-refractivity contribution in [2.75, 3.05) is 4.72 Å². The van der Waals surface area contributed by atoms with Crippen LogP contribution in [0.5, 0.6) is 0 Å². The normalized spacial score (nSPS) is 11.7. The Balaban J connectivity index is 1.69. The van der Waals surface area contributed by atoms with E-state index in [1.54, 1.807) is 24.3 Å². The van der Waals surface area contributed by atoms with Crippen LogP contribution in [0, 0.1) is 5.82 Å². The van der Waals surface area contributed by atoms with Crippen LogP contribution in [0.15, 0.2) is 65.6 Å². The summed E-state index contributed by atoms with van der Waals surface area (Å²) in [5.41, 5.74) is 2.39. The smallest absolute Gasteiger partial charge is 0.261 e. The molecule has 1 heterocycles. The van der Waals surface area contributed by atoms with Gasteiger partial charge in [0.05, 0.1) is 26.1 Å². The van der Waals surface area contributed by atoms with E-state index < -0.39 is 15.8 Å². The van der Waals surface area contributed by atoms with E-state index in [4.69, 9.17) is 23.2 Å². The minimum atomic E-state index is -3.93. The first-order chi connectivity index (χ1) is 13.3. The maximum absolute atomic E-state index is 13.3. The Morgan fingerprint density at radius 3 is 2.50 bits per heavy atom. The van der Waals surface area contributed by atoms with E-state index in [1.807, 2.05) is 18.2 Å². The number of halogens is 3. The van der Waals surface area contributed by atoms with Crippen molar-refractivity contribution in [3.63, 3.8) is 0 Å². The van der Waals surface area contributed by atoms with Crippen molar-refractivity contribution >= 4 is 49.8 Å². The van der Waals surface area contributed by atoms with E-state index >= 15 is 0 Å². The Morgan fingerprint density at radius 1 is 0.964 bits per heavy atom. The van der Waals surface area contributed by atoms with Crippen molar-refractivity contribution in [2.24, 2.45) is 0 Å². The molecule has 4 aromatic rings. The highest BCUT2D eigenvalue weighted by Crippen LogP contribution is 2.33. The lowest BCUT2D eigenvalue weighted by molar-refractivity contribution is 0.599. The fourth-order valence-electron chi connectivity index (χ4n) is 2.80. The molecule has 0 radical (unpaired) electrons. The Morgan fingerprint density at radius 2 is 1.75 bits per heavy atom. The van der Waals surface area contributed by atoms with Crippen molar-refractivity contribution in [1.82, 2.24) is 10.2 Å². The van der Waals surface area contributed by atoms with Crippen molar-refractivity contribution in [3.05, 3.63) is 76.5 Å². The topological polar surface area (TPSA) is 74.8 Å². The van der Waals surface area contributed by atoms with E-state index in [-0.39, 0.29) is 9.92 Å². The molecular weight excluding hydrogens is 424 g/mol. The molecule has 3 aromatic carbocycles. The zero-order chi connectivity index (χ0) is 19.9. The van der Waals surface area contributed by atoms with Gasteiger partial charge >= 0.3 is 0 Å². The van der Waals surface area contributed by atoms with Gasteiger partial charge in [-0.15, -0.1) is 0 Å². The number of nitrogens with zero attached hydrogens (tertiary/aromatic N) is 1. The molecule has 0 bridgehead atoms. The molecule has 0 aliphatic heterocycles. The third-order valence-electron chi connectivity index (χ3n) is 4.15. The molecule has 4 rings (SSSR count). The number of rotatable bonds is 4. The minimum Gasteiger partial charge on any atom is -0.280 e. The van der Waals surface area contributed by atoms with Crippen molar-refractivity contribution in [3.8, 4) is 11.3 Å². The second kappa shape index (κ2) is 7.09. The number of sulfonamides is 1. The van der Waals surface area contributed by atoms with Crippen LogP contribution in [0.1, 0.15) is 0 Å². The number of hydrogen-bond donors (Lipinski definition) is 2. The molecular formula is C19H12Cl2FN3O2S. The fourth-order valence-corrected chi connectivity index (χ4v) is 4.35. The van der Waals surface area contributed by atoms with E-state index in [1.165, 1.54) is 0 Å². The van der Waals surface area contributed by atoms with Gasteiger partial charge in [-0.25, -0.2) is 12.8 Å². The first-order valence-corrected chi connectivity index (χ1v) is 10.3. The van der Waals surface area contributed by atoms with Crippen LogP contribution < -0.4 is 4.72 Å². The molecule has 5 nitrogen and oxygen atoms in total. The molecule has 0 amide bonds. The molecule has 0 saturated carbocycles. The summed E-state index contributed by atoms with van der Waals surface area (Å²) in [6.07, 6.45) is 0. The number of benzene rings is 3. The maximum atomic E-state index is 13.3. The summed E-state index contributed by atoms with van der Waals surface area (Å²) < 4.78 is 40.8. The third-order valence-corrected chi connectivity index (χ3v) is 6.14. The van der Waals surface area contributed by atoms with Gasteiger partial charge in [-0.1, -0.05) is 41.4 Å². The molecule has 0 aliphatic carbocycles. The van der Waals surface area contributed by atoms with Crippen LogP contribution in [0.3, 0.4) is 0 Å². The van der Waals surface area contributed by atoms with Gasteiger partial charge in [0.1, 0.15) is 11.5 Å². The minimum absolute atomic E-state index is 0.139. The summed E-state index contributed by atoms with van der Waals surface area (Å²) in [5.74, 6) is -0.688. The van der Waals surface area contributed by atoms with Gasteiger partial charge in [0, 0.05) is 10.9 Å². The van der Waals surface area contributed by atoms with E-state index in [0.717, 1.165) is 29.1 Å². The number of nitrogens with one attached hydrogen (secondary N) is 2. The van der Waals surface area contributed by atoms with Gasteiger partial charge < -0.3 is 0 Å². The van der Waals surface area contributed by atoms with Crippen LogP contribution in [-0.2, 0) is 10.0 Å². The average molecular weight is 436 g/mol. The van der Waals surface area contributed by atoms with Crippen molar-refractivity contribution < 1.29 is 12.8 Å². The molecule has 0 unspecified atom stereocenters. The Bertz CT molecular complexity index is 1310. The van der Waals surface area contributed by atoms with Crippen LogP contribution in [0.4, 0.5) is 10.1 Å². The average Bonchev–Trinajstić information content (AvgIpc) is 3.07. The Labute approximate surface area is 170 Å². The standard InChI is InChI=1S/C19H12Cl2FN3O2S/c20-15-4-2-1-3-13(15)19-14-7-5-11(9-18(14)23-24-19)25-28(26,27)12-6-8-17(22)16(21)10-12/h1-10,25H,(H,23,24). The zero-order valence-electron chi connectivity index (χ0n) is 14.1. The second-order valence-electron chi connectivity index (χ2n) is 5.99. The number of aromatic amines is 1. The summed E-state index contributed by atoms with van der Waals surface area (Å²) >= 11 is 11.9. The predicted molar refractivity (Wildman–Crippen MR) is 109 cm³/mol. The quantitative estimate of drug-likeness (QED) is 0.445. The van der Waals surface area contributed by atoms with E-state index in [9.17, 15) is 12.8 Å². The highest BCUT2D eigenvalue weighted by molar-refractivity contribution is 7.92. The lowest BCUT2D eigenvalue weighted by Gasteiger charge is -2.09. The summed E-state index contributed by atoms with van der Waals surface area (Å²) in [5, 5.41) is 8.27. The number of anilines is 1. The molecule has 0 spiro atoms.